The molecule has 0 bridgehead atoms. The molecule has 4 rings (SSSR count). The molecule has 1 aromatic heterocycles. The molecule has 172 valence electrons. The van der Waals surface area contributed by atoms with Crippen LogP contribution in [-0.4, -0.2) is 61.2 Å². The fraction of sp³-hybridized carbons (Fsp3) is 0.320. The Kier molecular flexibility index (Phi) is 7.04. The average Bonchev–Trinajstić information content (AvgIpc) is 2.84. The van der Waals surface area contributed by atoms with Crippen molar-refractivity contribution in [2.75, 3.05) is 50.6 Å². The van der Waals surface area contributed by atoms with E-state index in [9.17, 15) is 4.79 Å². The van der Waals surface area contributed by atoms with Crippen molar-refractivity contribution in [3.63, 3.8) is 0 Å². The summed E-state index contributed by atoms with van der Waals surface area (Å²) in [5.74, 6) is 1.95. The molecule has 0 unspecified atom stereocenters. The van der Waals surface area contributed by atoms with Crippen molar-refractivity contribution < 1.29 is 14.3 Å². The van der Waals surface area contributed by atoms with E-state index in [0.717, 1.165) is 35.2 Å². The molecule has 1 N–H and O–H groups in total. The number of benzene rings is 2. The molecule has 0 radical (unpaired) electrons. The Labute approximate surface area is 193 Å². The minimum absolute atomic E-state index is 0.160. The lowest BCUT2D eigenvalue weighted by molar-refractivity contribution is -0.114. The number of anilines is 2. The number of ether oxygens (including phenoxy) is 2. The third-order valence-corrected chi connectivity index (χ3v) is 5.40. The smallest absolute Gasteiger partial charge is 0.250 e. The minimum Gasteiger partial charge on any atom is -0.494 e. The summed E-state index contributed by atoms with van der Waals surface area (Å²) in [6, 6.07) is 11.8. The van der Waals surface area contributed by atoms with Crippen LogP contribution in [0.1, 0.15) is 12.0 Å². The Morgan fingerprint density at radius 2 is 2.18 bits per heavy atom. The summed E-state index contributed by atoms with van der Waals surface area (Å²) in [4.78, 5) is 25.0. The highest BCUT2D eigenvalue weighted by molar-refractivity contribution is 6.07. The highest BCUT2D eigenvalue weighted by Crippen LogP contribution is 2.40. The summed E-state index contributed by atoms with van der Waals surface area (Å²) in [6.07, 6.45) is 3.81. The first kappa shape index (κ1) is 22.5. The maximum Gasteiger partial charge on any atom is 0.250 e. The zero-order valence-electron chi connectivity index (χ0n) is 19.1. The Morgan fingerprint density at radius 3 is 3.00 bits per heavy atom. The van der Waals surface area contributed by atoms with Crippen molar-refractivity contribution in [2.24, 2.45) is 0 Å². The molecule has 1 amide bonds. The van der Waals surface area contributed by atoms with Gasteiger partial charge in [0.2, 0.25) is 0 Å². The second kappa shape index (κ2) is 10.3. The molecule has 0 atom stereocenters. The monoisotopic (exact) mass is 447 g/mol. The summed E-state index contributed by atoms with van der Waals surface area (Å²) < 4.78 is 11.9. The Morgan fingerprint density at radius 1 is 1.30 bits per heavy atom. The zero-order valence-corrected chi connectivity index (χ0v) is 19.1. The highest BCUT2D eigenvalue weighted by Gasteiger charge is 2.25. The van der Waals surface area contributed by atoms with Crippen LogP contribution in [0.3, 0.4) is 0 Å². The van der Waals surface area contributed by atoms with Gasteiger partial charge in [-0.2, -0.15) is 0 Å². The molecule has 8 heteroatoms. The molecular formula is C25H29N5O3. The second-order valence-corrected chi connectivity index (χ2v) is 8.08. The molecule has 2 aromatic carbocycles. The SMILES string of the molecule is C=CC(=O)N1CCOc2c1ccc1ncnc(NCc3cccc(OCCCN(C)C)c3)c21. The number of hydrogen-bond donors (Lipinski definition) is 1. The summed E-state index contributed by atoms with van der Waals surface area (Å²) >= 11 is 0. The van der Waals surface area contributed by atoms with E-state index in [2.05, 4.69) is 40.9 Å². The Bertz CT molecular complexity index is 1150. The molecule has 0 aliphatic carbocycles. The van der Waals surface area contributed by atoms with E-state index in [1.54, 1.807) is 4.90 Å². The fourth-order valence-corrected chi connectivity index (χ4v) is 3.80. The van der Waals surface area contributed by atoms with E-state index in [-0.39, 0.29) is 5.91 Å². The Hall–Kier alpha value is -3.65. The van der Waals surface area contributed by atoms with E-state index in [1.165, 1.54) is 12.4 Å². The van der Waals surface area contributed by atoms with Crippen molar-refractivity contribution >= 4 is 28.3 Å². The predicted molar refractivity (Wildman–Crippen MR) is 130 cm³/mol. The van der Waals surface area contributed by atoms with Crippen molar-refractivity contribution in [3.8, 4) is 11.5 Å². The molecule has 33 heavy (non-hydrogen) atoms. The minimum atomic E-state index is -0.160. The van der Waals surface area contributed by atoms with Crippen LogP contribution in [-0.2, 0) is 11.3 Å². The number of nitrogens with one attached hydrogen (secondary N) is 1. The largest absolute Gasteiger partial charge is 0.494 e. The number of fused-ring (bicyclic) bond motifs is 3. The number of rotatable bonds is 9. The lowest BCUT2D eigenvalue weighted by Gasteiger charge is -2.29. The molecular weight excluding hydrogens is 418 g/mol. The van der Waals surface area contributed by atoms with Crippen LogP contribution in [0.5, 0.6) is 11.5 Å². The maximum absolute atomic E-state index is 12.3. The van der Waals surface area contributed by atoms with E-state index >= 15 is 0 Å². The molecule has 2 heterocycles. The van der Waals surface area contributed by atoms with Gasteiger partial charge in [-0.1, -0.05) is 18.7 Å². The van der Waals surface area contributed by atoms with Crippen LogP contribution in [0.4, 0.5) is 11.5 Å². The number of carbonyl (C=O) groups is 1. The van der Waals surface area contributed by atoms with Crippen molar-refractivity contribution in [1.29, 1.82) is 0 Å². The summed E-state index contributed by atoms with van der Waals surface area (Å²) in [5.41, 5.74) is 2.52. The van der Waals surface area contributed by atoms with Gasteiger partial charge < -0.3 is 24.6 Å². The van der Waals surface area contributed by atoms with E-state index < -0.39 is 0 Å². The van der Waals surface area contributed by atoms with Crippen LogP contribution in [0.25, 0.3) is 10.9 Å². The average molecular weight is 448 g/mol. The van der Waals surface area contributed by atoms with Crippen LogP contribution in [0.15, 0.2) is 55.4 Å². The van der Waals surface area contributed by atoms with Gasteiger partial charge in [0.15, 0.2) is 5.75 Å². The number of amides is 1. The normalized spacial score (nSPS) is 12.9. The third kappa shape index (κ3) is 5.23. The van der Waals surface area contributed by atoms with Crippen LogP contribution < -0.4 is 19.7 Å². The van der Waals surface area contributed by atoms with E-state index in [1.807, 2.05) is 36.4 Å². The van der Waals surface area contributed by atoms with Gasteiger partial charge in [-0.05, 0) is 56.4 Å². The molecule has 0 spiro atoms. The zero-order chi connectivity index (χ0) is 23.2. The van der Waals surface area contributed by atoms with Gasteiger partial charge >= 0.3 is 0 Å². The van der Waals surface area contributed by atoms with Gasteiger partial charge in [0, 0.05) is 13.1 Å². The van der Waals surface area contributed by atoms with Crippen molar-refractivity contribution in [2.45, 2.75) is 13.0 Å². The van der Waals surface area contributed by atoms with Gasteiger partial charge in [-0.15, -0.1) is 0 Å². The first-order valence-electron chi connectivity index (χ1n) is 11.0. The molecule has 1 aliphatic heterocycles. The molecule has 8 nitrogen and oxygen atoms in total. The van der Waals surface area contributed by atoms with E-state index in [4.69, 9.17) is 9.47 Å². The summed E-state index contributed by atoms with van der Waals surface area (Å²) in [5, 5.41) is 4.16. The first-order chi connectivity index (χ1) is 16.1. The van der Waals surface area contributed by atoms with Crippen LogP contribution >= 0.6 is 0 Å². The first-order valence-corrected chi connectivity index (χ1v) is 11.0. The van der Waals surface area contributed by atoms with Gasteiger partial charge in [-0.3, -0.25) is 4.79 Å². The van der Waals surface area contributed by atoms with Crippen molar-refractivity contribution in [1.82, 2.24) is 14.9 Å². The van der Waals surface area contributed by atoms with E-state index in [0.29, 0.717) is 43.6 Å². The maximum atomic E-state index is 12.3. The van der Waals surface area contributed by atoms with Gasteiger partial charge in [0.25, 0.3) is 5.91 Å². The standard InChI is InChI=1S/C25H29N5O3/c1-4-22(31)30-12-14-33-24-21(30)10-9-20-23(24)25(28-17-27-20)26-16-18-7-5-8-19(15-18)32-13-6-11-29(2)3/h4-5,7-10,15,17H,1,6,11-14,16H2,2-3H3,(H,26,27,28). The third-order valence-electron chi connectivity index (χ3n) is 5.40. The molecule has 3 aromatic rings. The predicted octanol–water partition coefficient (Wildman–Crippen LogP) is 3.48. The van der Waals surface area contributed by atoms with Gasteiger partial charge in [0.05, 0.1) is 29.7 Å². The van der Waals surface area contributed by atoms with Crippen LogP contribution in [0.2, 0.25) is 0 Å². The quantitative estimate of drug-likeness (QED) is 0.397. The van der Waals surface area contributed by atoms with Gasteiger partial charge in [-0.25, -0.2) is 9.97 Å². The summed E-state index contributed by atoms with van der Waals surface area (Å²) in [7, 11) is 4.11. The van der Waals surface area contributed by atoms with Crippen LogP contribution in [0, 0.1) is 0 Å². The number of aromatic nitrogens is 2. The second-order valence-electron chi connectivity index (χ2n) is 8.08. The lowest BCUT2D eigenvalue weighted by Crippen LogP contribution is -2.36. The topological polar surface area (TPSA) is 79.8 Å². The van der Waals surface area contributed by atoms with Crippen molar-refractivity contribution in [3.05, 3.63) is 60.9 Å². The summed E-state index contributed by atoms with van der Waals surface area (Å²) in [6.45, 7) is 6.70. The number of nitrogens with zero attached hydrogens (tertiary/aromatic N) is 4. The lowest BCUT2D eigenvalue weighted by atomic mass is 10.1. The molecule has 1 aliphatic rings. The molecule has 0 saturated heterocycles. The number of carbonyl (C=O) groups excluding carboxylic acids is 1. The molecule has 0 saturated carbocycles. The number of hydrogen-bond acceptors (Lipinski definition) is 7. The molecule has 0 fully saturated rings. The Balaban J connectivity index is 1.53. The highest BCUT2D eigenvalue weighted by atomic mass is 16.5. The van der Waals surface area contributed by atoms with Gasteiger partial charge in [0.1, 0.15) is 24.5 Å². The fourth-order valence-electron chi connectivity index (χ4n) is 3.80.